The van der Waals surface area contributed by atoms with E-state index in [-0.39, 0.29) is 6.04 Å². The first kappa shape index (κ1) is 21.5. The molecule has 160 valence electrons. The molecule has 6 heteroatoms. The molecule has 4 rings (SSSR count). The number of hydrogen-bond acceptors (Lipinski definition) is 3. The lowest BCUT2D eigenvalue weighted by molar-refractivity contribution is 0.0696. The van der Waals surface area contributed by atoms with E-state index >= 15 is 0 Å². The fourth-order valence-corrected chi connectivity index (χ4v) is 4.81. The zero-order valence-corrected chi connectivity index (χ0v) is 18.6. The number of aromatic carboxylic acids is 1. The second-order valence-corrected chi connectivity index (χ2v) is 9.37. The summed E-state index contributed by atoms with van der Waals surface area (Å²) >= 11 is 12.3. The predicted octanol–water partition coefficient (Wildman–Crippen LogP) is 6.42. The van der Waals surface area contributed by atoms with Gasteiger partial charge in [0.25, 0.3) is 0 Å². The van der Waals surface area contributed by atoms with Crippen LogP contribution in [0.5, 0.6) is 5.75 Å². The lowest BCUT2D eigenvalue weighted by atomic mass is 9.95. The van der Waals surface area contributed by atoms with Crippen molar-refractivity contribution in [2.24, 2.45) is 5.92 Å². The van der Waals surface area contributed by atoms with Crippen molar-refractivity contribution in [2.45, 2.75) is 44.6 Å². The normalized spacial score (nSPS) is 18.9. The fraction of sp³-hybridized carbons (Fsp3) is 0.458. The fourth-order valence-electron chi connectivity index (χ4n) is 4.27. The number of hydrogen-bond donors (Lipinski definition) is 1. The summed E-state index contributed by atoms with van der Waals surface area (Å²) in [6, 6.07) is 11.3. The van der Waals surface area contributed by atoms with Crippen LogP contribution in [0.3, 0.4) is 0 Å². The van der Waals surface area contributed by atoms with Crippen molar-refractivity contribution in [3.05, 3.63) is 63.1 Å². The maximum absolute atomic E-state index is 11.3. The quantitative estimate of drug-likeness (QED) is 0.531. The van der Waals surface area contributed by atoms with Gasteiger partial charge in [0.2, 0.25) is 0 Å². The van der Waals surface area contributed by atoms with E-state index in [1.807, 2.05) is 18.2 Å². The van der Waals surface area contributed by atoms with Crippen LogP contribution in [0.15, 0.2) is 36.4 Å². The molecule has 1 heterocycles. The van der Waals surface area contributed by atoms with Crippen LogP contribution in [-0.4, -0.2) is 35.7 Å². The molecule has 4 nitrogen and oxygen atoms in total. The summed E-state index contributed by atoms with van der Waals surface area (Å²) in [6.45, 7) is 4.89. The highest BCUT2D eigenvalue weighted by molar-refractivity contribution is 6.34. The molecule has 1 saturated carbocycles. The highest BCUT2D eigenvalue weighted by Crippen LogP contribution is 2.45. The third-order valence-corrected chi connectivity index (χ3v) is 6.75. The Morgan fingerprint density at radius 2 is 1.77 bits per heavy atom. The molecule has 0 spiro atoms. The molecule has 2 aromatic carbocycles. The first-order chi connectivity index (χ1) is 14.4. The van der Waals surface area contributed by atoms with Gasteiger partial charge >= 0.3 is 5.97 Å². The number of likely N-dealkylation sites (tertiary alicyclic amines) is 1. The topological polar surface area (TPSA) is 49.8 Å². The first-order valence-electron chi connectivity index (χ1n) is 10.6. The molecule has 0 unspecified atom stereocenters. The Kier molecular flexibility index (Phi) is 6.57. The van der Waals surface area contributed by atoms with E-state index in [4.69, 9.17) is 27.9 Å². The monoisotopic (exact) mass is 447 g/mol. The van der Waals surface area contributed by atoms with Crippen molar-refractivity contribution in [1.29, 1.82) is 0 Å². The Balaban J connectivity index is 1.33. The molecule has 2 aliphatic rings. The van der Waals surface area contributed by atoms with E-state index in [2.05, 4.69) is 11.8 Å². The van der Waals surface area contributed by atoms with Crippen molar-refractivity contribution in [2.75, 3.05) is 19.7 Å². The summed E-state index contributed by atoms with van der Waals surface area (Å²) < 4.78 is 6.18. The summed E-state index contributed by atoms with van der Waals surface area (Å²) in [4.78, 5) is 13.7. The number of halogens is 2. The van der Waals surface area contributed by atoms with Gasteiger partial charge in [0.1, 0.15) is 5.75 Å². The van der Waals surface area contributed by atoms with Crippen LogP contribution >= 0.6 is 23.2 Å². The minimum absolute atomic E-state index is 0.271. The molecule has 1 N–H and O–H groups in total. The zero-order chi connectivity index (χ0) is 21.3. The highest BCUT2D eigenvalue weighted by atomic mass is 35.5. The SMILES string of the molecule is C[C@@H](c1cc(Cl)cc(Cl)c1)N1CCC(COc2ccc(C(=O)O)cc2C2CC2)CC1. The lowest BCUT2D eigenvalue weighted by Crippen LogP contribution is -2.37. The van der Waals surface area contributed by atoms with Gasteiger partial charge in [-0.15, -0.1) is 0 Å². The van der Waals surface area contributed by atoms with Crippen molar-refractivity contribution >= 4 is 29.2 Å². The van der Waals surface area contributed by atoms with Gasteiger partial charge in [-0.1, -0.05) is 23.2 Å². The van der Waals surface area contributed by atoms with E-state index in [0.717, 1.165) is 55.6 Å². The van der Waals surface area contributed by atoms with Crippen molar-refractivity contribution < 1.29 is 14.6 Å². The van der Waals surface area contributed by atoms with Crippen LogP contribution in [0.25, 0.3) is 0 Å². The number of benzene rings is 2. The molecule has 1 atom stereocenters. The number of ether oxygens (including phenoxy) is 1. The van der Waals surface area contributed by atoms with Crippen LogP contribution in [-0.2, 0) is 0 Å². The molecule has 1 aliphatic heterocycles. The number of rotatable bonds is 7. The van der Waals surface area contributed by atoms with E-state index in [9.17, 15) is 9.90 Å². The van der Waals surface area contributed by atoms with E-state index in [1.165, 1.54) is 0 Å². The molecule has 30 heavy (non-hydrogen) atoms. The summed E-state index contributed by atoms with van der Waals surface area (Å²) in [5.74, 6) is 0.923. The Morgan fingerprint density at radius 1 is 1.10 bits per heavy atom. The smallest absolute Gasteiger partial charge is 0.335 e. The Labute approximate surface area is 187 Å². The number of carbonyl (C=O) groups is 1. The summed E-state index contributed by atoms with van der Waals surface area (Å²) in [7, 11) is 0. The van der Waals surface area contributed by atoms with Gasteiger partial charge in [-0.05, 0) is 105 Å². The molecule has 0 amide bonds. The van der Waals surface area contributed by atoms with Crippen molar-refractivity contribution in [3.8, 4) is 5.75 Å². The third-order valence-electron chi connectivity index (χ3n) is 6.31. The summed E-state index contributed by atoms with van der Waals surface area (Å²) in [5.41, 5.74) is 2.54. The number of nitrogens with zero attached hydrogens (tertiary/aromatic N) is 1. The molecule has 2 aromatic rings. The van der Waals surface area contributed by atoms with Crippen LogP contribution in [0, 0.1) is 5.92 Å². The number of piperidine rings is 1. The third kappa shape index (κ3) is 5.11. The van der Waals surface area contributed by atoms with Gasteiger partial charge < -0.3 is 9.84 Å². The van der Waals surface area contributed by atoms with E-state index in [0.29, 0.717) is 34.1 Å². The molecule has 1 aliphatic carbocycles. The molecular weight excluding hydrogens is 421 g/mol. The Morgan fingerprint density at radius 3 is 2.37 bits per heavy atom. The van der Waals surface area contributed by atoms with Gasteiger partial charge in [-0.25, -0.2) is 4.79 Å². The number of carboxylic acid groups (broad SMARTS) is 1. The second kappa shape index (κ2) is 9.17. The predicted molar refractivity (Wildman–Crippen MR) is 120 cm³/mol. The molecule has 2 fully saturated rings. The van der Waals surface area contributed by atoms with Crippen molar-refractivity contribution in [1.82, 2.24) is 4.90 Å². The molecule has 0 radical (unpaired) electrons. The van der Waals surface area contributed by atoms with E-state index in [1.54, 1.807) is 18.2 Å². The zero-order valence-electron chi connectivity index (χ0n) is 17.1. The maximum Gasteiger partial charge on any atom is 0.335 e. The average Bonchev–Trinajstić information content (AvgIpc) is 3.56. The molecular formula is C24H27Cl2NO3. The van der Waals surface area contributed by atoms with Gasteiger partial charge in [-0.3, -0.25) is 4.90 Å². The van der Waals surface area contributed by atoms with Crippen LogP contribution in [0.4, 0.5) is 0 Å². The van der Waals surface area contributed by atoms with E-state index < -0.39 is 5.97 Å². The summed E-state index contributed by atoms with van der Waals surface area (Å²) in [6.07, 6.45) is 4.38. The highest BCUT2D eigenvalue weighted by Gasteiger charge is 2.29. The summed E-state index contributed by atoms with van der Waals surface area (Å²) in [5, 5.41) is 10.6. The Hall–Kier alpha value is -1.75. The van der Waals surface area contributed by atoms with Crippen LogP contribution in [0.2, 0.25) is 10.0 Å². The standard InChI is InChI=1S/C24H27Cl2NO3/c1-15(19-10-20(25)13-21(26)11-19)27-8-6-16(7-9-27)14-30-23-5-4-18(24(28)29)12-22(23)17-2-3-17/h4-5,10-13,15-17H,2-3,6-9,14H2,1H3,(H,28,29)/t15-/m0/s1. The first-order valence-corrected chi connectivity index (χ1v) is 11.4. The second-order valence-electron chi connectivity index (χ2n) is 8.50. The lowest BCUT2D eigenvalue weighted by Gasteiger charge is -2.36. The van der Waals surface area contributed by atoms with Gasteiger partial charge in [-0.2, -0.15) is 0 Å². The Bertz CT molecular complexity index is 900. The van der Waals surface area contributed by atoms with Crippen LogP contribution in [0.1, 0.15) is 66.1 Å². The van der Waals surface area contributed by atoms with Crippen LogP contribution < -0.4 is 4.74 Å². The molecule has 0 aromatic heterocycles. The molecule has 0 bridgehead atoms. The van der Waals surface area contributed by atoms with Crippen molar-refractivity contribution in [3.63, 3.8) is 0 Å². The largest absolute Gasteiger partial charge is 0.493 e. The minimum Gasteiger partial charge on any atom is -0.493 e. The maximum atomic E-state index is 11.3. The van der Waals surface area contributed by atoms with Gasteiger partial charge in [0, 0.05) is 16.1 Å². The van der Waals surface area contributed by atoms with Gasteiger partial charge in [0.15, 0.2) is 0 Å². The molecule has 1 saturated heterocycles. The average molecular weight is 448 g/mol. The van der Waals surface area contributed by atoms with Gasteiger partial charge in [0.05, 0.1) is 12.2 Å². The number of carboxylic acids is 1. The minimum atomic E-state index is -0.883.